The molecule has 0 aromatic heterocycles. The van der Waals surface area contributed by atoms with Crippen LogP contribution in [0, 0.1) is 5.92 Å². The van der Waals surface area contributed by atoms with Gasteiger partial charge in [0.05, 0.1) is 0 Å². The Bertz CT molecular complexity index is 252. The molecule has 1 amide bonds. The third kappa shape index (κ3) is 6.27. The molecule has 3 heteroatoms. The third-order valence-electron chi connectivity index (χ3n) is 3.56. The van der Waals surface area contributed by atoms with Crippen molar-refractivity contribution in [3.63, 3.8) is 0 Å². The Labute approximate surface area is 112 Å². The van der Waals surface area contributed by atoms with Gasteiger partial charge in [-0.2, -0.15) is 0 Å². The maximum absolute atomic E-state index is 11.7. The predicted octanol–water partition coefficient (Wildman–Crippen LogP) is 4.26. The molecule has 0 spiro atoms. The summed E-state index contributed by atoms with van der Waals surface area (Å²) in [7, 11) is 0. The van der Waals surface area contributed by atoms with Crippen LogP contribution in [0.3, 0.4) is 0 Å². The number of hydrogen-bond donors (Lipinski definition) is 1. The smallest absolute Gasteiger partial charge is 0.407 e. The molecule has 0 aliphatic heterocycles. The van der Waals surface area contributed by atoms with Crippen LogP contribution in [0.15, 0.2) is 0 Å². The van der Waals surface area contributed by atoms with E-state index in [1.165, 1.54) is 32.1 Å². The highest BCUT2D eigenvalue weighted by Crippen LogP contribution is 2.27. The number of alkyl carbamates (subject to hydrolysis) is 1. The quantitative estimate of drug-likeness (QED) is 0.815. The zero-order valence-corrected chi connectivity index (χ0v) is 12.4. The van der Waals surface area contributed by atoms with Gasteiger partial charge in [0.25, 0.3) is 0 Å². The van der Waals surface area contributed by atoms with Crippen LogP contribution < -0.4 is 5.32 Å². The van der Waals surface area contributed by atoms with Crippen molar-refractivity contribution in [2.24, 2.45) is 5.92 Å². The highest BCUT2D eigenvalue weighted by Gasteiger charge is 2.22. The maximum atomic E-state index is 11.7. The molecule has 1 atom stereocenters. The molecule has 1 saturated carbocycles. The maximum Gasteiger partial charge on any atom is 0.407 e. The summed E-state index contributed by atoms with van der Waals surface area (Å²) in [6.07, 6.45) is 8.56. The Morgan fingerprint density at radius 1 is 1.28 bits per heavy atom. The van der Waals surface area contributed by atoms with Gasteiger partial charge in [-0.25, -0.2) is 4.79 Å². The standard InChI is InChI=1S/C15H29NO2/c1-5-13(11-12-9-7-6-8-10-12)16-14(17)18-15(2,3)4/h12-13H,5-11H2,1-4H3,(H,16,17)/t13-/m0/s1. The Morgan fingerprint density at radius 3 is 2.39 bits per heavy atom. The summed E-state index contributed by atoms with van der Waals surface area (Å²) < 4.78 is 5.31. The SMILES string of the molecule is CC[C@@H](CC1CCCCC1)NC(=O)OC(C)(C)C. The van der Waals surface area contributed by atoms with Gasteiger partial charge in [-0.1, -0.05) is 39.0 Å². The lowest BCUT2D eigenvalue weighted by Crippen LogP contribution is -2.39. The predicted molar refractivity (Wildman–Crippen MR) is 74.6 cm³/mol. The van der Waals surface area contributed by atoms with E-state index in [-0.39, 0.29) is 12.1 Å². The number of carbonyl (C=O) groups excluding carboxylic acids is 1. The summed E-state index contributed by atoms with van der Waals surface area (Å²) in [5.41, 5.74) is -0.410. The number of hydrogen-bond acceptors (Lipinski definition) is 2. The number of ether oxygens (including phenoxy) is 1. The van der Waals surface area contributed by atoms with E-state index in [1.54, 1.807) is 0 Å². The Morgan fingerprint density at radius 2 is 1.89 bits per heavy atom. The van der Waals surface area contributed by atoms with Gasteiger partial charge >= 0.3 is 6.09 Å². The molecule has 3 nitrogen and oxygen atoms in total. The van der Waals surface area contributed by atoms with Gasteiger partial charge in [-0.05, 0) is 39.5 Å². The van der Waals surface area contributed by atoms with Crippen molar-refractivity contribution in [1.29, 1.82) is 0 Å². The highest BCUT2D eigenvalue weighted by molar-refractivity contribution is 5.68. The molecule has 0 heterocycles. The molecule has 1 aliphatic rings. The summed E-state index contributed by atoms with van der Waals surface area (Å²) in [4.78, 5) is 11.7. The monoisotopic (exact) mass is 255 g/mol. The number of amides is 1. The van der Waals surface area contributed by atoms with Crippen LogP contribution in [-0.4, -0.2) is 17.7 Å². The molecule has 0 saturated heterocycles. The van der Waals surface area contributed by atoms with E-state index in [1.807, 2.05) is 20.8 Å². The normalized spacial score (nSPS) is 19.3. The minimum absolute atomic E-state index is 0.267. The molecule has 106 valence electrons. The van der Waals surface area contributed by atoms with Gasteiger partial charge in [0.2, 0.25) is 0 Å². The fourth-order valence-electron chi connectivity index (χ4n) is 2.63. The molecule has 0 radical (unpaired) electrons. The van der Waals surface area contributed by atoms with Crippen molar-refractivity contribution in [3.05, 3.63) is 0 Å². The molecule has 1 aliphatic carbocycles. The lowest BCUT2D eigenvalue weighted by molar-refractivity contribution is 0.0493. The fourth-order valence-corrected chi connectivity index (χ4v) is 2.63. The van der Waals surface area contributed by atoms with Crippen LogP contribution in [0.1, 0.15) is 72.6 Å². The average Bonchev–Trinajstić information content (AvgIpc) is 2.27. The van der Waals surface area contributed by atoms with Gasteiger partial charge < -0.3 is 10.1 Å². The van der Waals surface area contributed by atoms with Crippen LogP contribution in [0.5, 0.6) is 0 Å². The minimum Gasteiger partial charge on any atom is -0.444 e. The van der Waals surface area contributed by atoms with Crippen molar-refractivity contribution < 1.29 is 9.53 Å². The second-order valence-corrected chi connectivity index (χ2v) is 6.49. The first-order valence-corrected chi connectivity index (χ1v) is 7.40. The zero-order chi connectivity index (χ0) is 13.6. The first-order valence-electron chi connectivity index (χ1n) is 7.40. The van der Waals surface area contributed by atoms with Crippen LogP contribution in [0.25, 0.3) is 0 Å². The van der Waals surface area contributed by atoms with Crippen molar-refractivity contribution >= 4 is 6.09 Å². The van der Waals surface area contributed by atoms with E-state index in [9.17, 15) is 4.79 Å². The fraction of sp³-hybridized carbons (Fsp3) is 0.933. The molecule has 0 bridgehead atoms. The first kappa shape index (κ1) is 15.3. The topological polar surface area (TPSA) is 38.3 Å². The molecule has 0 aromatic carbocycles. The summed E-state index contributed by atoms with van der Waals surface area (Å²) in [6.45, 7) is 7.82. The van der Waals surface area contributed by atoms with Crippen LogP contribution in [0.4, 0.5) is 4.79 Å². The second-order valence-electron chi connectivity index (χ2n) is 6.49. The molecule has 1 N–H and O–H groups in total. The summed E-state index contributed by atoms with van der Waals surface area (Å²) in [6, 6.07) is 0.267. The number of rotatable bonds is 4. The largest absolute Gasteiger partial charge is 0.444 e. The van der Waals surface area contributed by atoms with Gasteiger partial charge in [-0.15, -0.1) is 0 Å². The van der Waals surface area contributed by atoms with Crippen molar-refractivity contribution in [3.8, 4) is 0 Å². The van der Waals surface area contributed by atoms with E-state index in [0.29, 0.717) is 0 Å². The molecular weight excluding hydrogens is 226 g/mol. The lowest BCUT2D eigenvalue weighted by Gasteiger charge is -2.27. The first-order chi connectivity index (χ1) is 8.40. The van der Waals surface area contributed by atoms with Gasteiger partial charge in [-0.3, -0.25) is 0 Å². The lowest BCUT2D eigenvalue weighted by atomic mass is 9.84. The summed E-state index contributed by atoms with van der Waals surface area (Å²) in [5.74, 6) is 0.790. The number of nitrogens with one attached hydrogen (secondary N) is 1. The molecular formula is C15H29NO2. The number of carbonyl (C=O) groups is 1. The molecule has 18 heavy (non-hydrogen) atoms. The van der Waals surface area contributed by atoms with E-state index in [0.717, 1.165) is 18.8 Å². The van der Waals surface area contributed by atoms with E-state index >= 15 is 0 Å². The Balaban J connectivity index is 2.34. The zero-order valence-electron chi connectivity index (χ0n) is 12.4. The summed E-state index contributed by atoms with van der Waals surface area (Å²) >= 11 is 0. The van der Waals surface area contributed by atoms with Crippen molar-refractivity contribution in [2.45, 2.75) is 84.3 Å². The highest BCUT2D eigenvalue weighted by atomic mass is 16.6. The molecule has 1 rings (SSSR count). The molecule has 0 unspecified atom stereocenters. The van der Waals surface area contributed by atoms with Gasteiger partial charge in [0.15, 0.2) is 0 Å². The third-order valence-corrected chi connectivity index (χ3v) is 3.56. The van der Waals surface area contributed by atoms with E-state index < -0.39 is 5.60 Å². The van der Waals surface area contributed by atoms with Crippen LogP contribution in [0.2, 0.25) is 0 Å². The van der Waals surface area contributed by atoms with E-state index in [2.05, 4.69) is 12.2 Å². The van der Waals surface area contributed by atoms with Crippen LogP contribution >= 0.6 is 0 Å². The Kier molecular flexibility index (Phi) is 5.97. The molecule has 0 aromatic rings. The van der Waals surface area contributed by atoms with E-state index in [4.69, 9.17) is 4.74 Å². The summed E-state index contributed by atoms with van der Waals surface area (Å²) in [5, 5.41) is 3.01. The second kappa shape index (κ2) is 7.01. The van der Waals surface area contributed by atoms with Gasteiger partial charge in [0, 0.05) is 6.04 Å². The molecule has 1 fully saturated rings. The average molecular weight is 255 g/mol. The van der Waals surface area contributed by atoms with Gasteiger partial charge in [0.1, 0.15) is 5.60 Å². The Hall–Kier alpha value is -0.730. The van der Waals surface area contributed by atoms with Crippen molar-refractivity contribution in [2.75, 3.05) is 0 Å². The minimum atomic E-state index is -0.410. The van der Waals surface area contributed by atoms with Crippen molar-refractivity contribution in [1.82, 2.24) is 5.32 Å². The van der Waals surface area contributed by atoms with Crippen LogP contribution in [-0.2, 0) is 4.74 Å².